The van der Waals surface area contributed by atoms with Gasteiger partial charge in [-0.2, -0.15) is 0 Å². The van der Waals surface area contributed by atoms with Gasteiger partial charge in [0.15, 0.2) is 0 Å². The predicted molar refractivity (Wildman–Crippen MR) is 108 cm³/mol. The van der Waals surface area contributed by atoms with E-state index in [4.69, 9.17) is 0 Å². The Kier molecular flexibility index (Phi) is 4.94. The third-order valence-corrected chi connectivity index (χ3v) is 4.27. The average molecular weight is 373 g/mol. The Morgan fingerprint density at radius 1 is 0.964 bits per heavy atom. The van der Waals surface area contributed by atoms with Crippen molar-refractivity contribution in [3.05, 3.63) is 72.7 Å². The molecule has 140 valence electrons. The van der Waals surface area contributed by atoms with E-state index in [-0.39, 0.29) is 6.61 Å². The highest BCUT2D eigenvalue weighted by molar-refractivity contribution is 5.64. The molecule has 0 radical (unpaired) electrons. The molecule has 0 fully saturated rings. The highest BCUT2D eigenvalue weighted by atomic mass is 16.3. The smallest absolute Gasteiger partial charge is 0.227 e. The Balaban J connectivity index is 1.53. The van der Waals surface area contributed by atoms with Crippen LogP contribution in [0.1, 0.15) is 5.69 Å². The SMILES string of the molecule is CNc1ccc(-c2ccnc(Nc3ccc(-n4nncc4CO)cc3)n2)cc1. The first-order valence-corrected chi connectivity index (χ1v) is 8.76. The lowest BCUT2D eigenvalue weighted by Gasteiger charge is -2.09. The molecule has 0 aliphatic heterocycles. The molecule has 2 heterocycles. The topological polar surface area (TPSA) is 101 Å². The number of nitrogens with one attached hydrogen (secondary N) is 2. The summed E-state index contributed by atoms with van der Waals surface area (Å²) in [6.07, 6.45) is 3.27. The molecule has 28 heavy (non-hydrogen) atoms. The molecule has 8 nitrogen and oxygen atoms in total. The van der Waals surface area contributed by atoms with E-state index in [0.717, 1.165) is 28.3 Å². The standard InChI is InChI=1S/C20H19N7O/c1-21-15-4-2-14(3-5-15)19-10-11-22-20(25-19)24-16-6-8-17(9-7-16)27-18(13-28)12-23-26-27/h2-12,21,28H,13H2,1H3,(H,22,24,25). The Bertz CT molecular complexity index is 1060. The van der Waals surface area contributed by atoms with Gasteiger partial charge in [0.2, 0.25) is 5.95 Å². The van der Waals surface area contributed by atoms with E-state index in [2.05, 4.69) is 30.9 Å². The Morgan fingerprint density at radius 3 is 2.43 bits per heavy atom. The summed E-state index contributed by atoms with van der Waals surface area (Å²) in [6, 6.07) is 17.5. The maximum absolute atomic E-state index is 9.33. The van der Waals surface area contributed by atoms with Gasteiger partial charge in [0.1, 0.15) is 0 Å². The zero-order chi connectivity index (χ0) is 19.3. The van der Waals surface area contributed by atoms with Crippen molar-refractivity contribution < 1.29 is 5.11 Å². The molecular formula is C20H19N7O. The minimum atomic E-state index is -0.122. The van der Waals surface area contributed by atoms with Crippen LogP contribution in [0.4, 0.5) is 17.3 Å². The van der Waals surface area contributed by atoms with Crippen molar-refractivity contribution >= 4 is 17.3 Å². The van der Waals surface area contributed by atoms with Gasteiger partial charge in [0.25, 0.3) is 0 Å². The van der Waals surface area contributed by atoms with E-state index in [9.17, 15) is 5.11 Å². The van der Waals surface area contributed by atoms with Crippen LogP contribution in [0.5, 0.6) is 0 Å². The first kappa shape index (κ1) is 17.6. The summed E-state index contributed by atoms with van der Waals surface area (Å²) in [6.45, 7) is -0.122. The van der Waals surface area contributed by atoms with Crippen LogP contribution in [0.25, 0.3) is 16.9 Å². The predicted octanol–water partition coefficient (Wildman–Crippen LogP) is 3.00. The lowest BCUT2D eigenvalue weighted by Crippen LogP contribution is -2.03. The normalized spacial score (nSPS) is 10.6. The molecule has 3 N–H and O–H groups in total. The molecule has 0 aliphatic rings. The highest BCUT2D eigenvalue weighted by Crippen LogP contribution is 2.22. The maximum atomic E-state index is 9.33. The highest BCUT2D eigenvalue weighted by Gasteiger charge is 2.06. The third-order valence-electron chi connectivity index (χ3n) is 4.27. The van der Waals surface area contributed by atoms with E-state index < -0.39 is 0 Å². The first-order valence-electron chi connectivity index (χ1n) is 8.76. The maximum Gasteiger partial charge on any atom is 0.227 e. The molecule has 4 aromatic rings. The molecule has 4 rings (SSSR count). The van der Waals surface area contributed by atoms with Crippen molar-refractivity contribution in [2.75, 3.05) is 17.7 Å². The van der Waals surface area contributed by atoms with Crippen molar-refractivity contribution in [3.8, 4) is 16.9 Å². The number of rotatable bonds is 6. The third kappa shape index (κ3) is 3.67. The fourth-order valence-electron chi connectivity index (χ4n) is 2.78. The fourth-order valence-corrected chi connectivity index (χ4v) is 2.78. The lowest BCUT2D eigenvalue weighted by atomic mass is 10.1. The Labute approximate surface area is 161 Å². The molecule has 8 heteroatoms. The van der Waals surface area contributed by atoms with Gasteiger partial charge >= 0.3 is 0 Å². The van der Waals surface area contributed by atoms with Crippen LogP contribution in [-0.4, -0.2) is 37.1 Å². The largest absolute Gasteiger partial charge is 0.390 e. The van der Waals surface area contributed by atoms with Crippen molar-refractivity contribution in [2.24, 2.45) is 0 Å². The molecule has 0 saturated carbocycles. The van der Waals surface area contributed by atoms with Gasteiger partial charge in [-0.3, -0.25) is 0 Å². The lowest BCUT2D eigenvalue weighted by molar-refractivity contribution is 0.273. The number of hydrogen-bond acceptors (Lipinski definition) is 7. The van der Waals surface area contributed by atoms with Crippen LogP contribution in [0.2, 0.25) is 0 Å². The zero-order valence-corrected chi connectivity index (χ0v) is 15.2. The van der Waals surface area contributed by atoms with E-state index >= 15 is 0 Å². The number of benzene rings is 2. The van der Waals surface area contributed by atoms with Crippen LogP contribution in [-0.2, 0) is 6.61 Å². The molecule has 0 bridgehead atoms. The number of aromatic nitrogens is 5. The zero-order valence-electron chi connectivity index (χ0n) is 15.2. The molecule has 0 saturated heterocycles. The molecule has 0 atom stereocenters. The number of aliphatic hydroxyl groups excluding tert-OH is 1. The summed E-state index contributed by atoms with van der Waals surface area (Å²) in [5.74, 6) is 0.514. The quantitative estimate of drug-likeness (QED) is 0.478. The van der Waals surface area contributed by atoms with E-state index in [1.807, 2.05) is 61.6 Å². The summed E-state index contributed by atoms with van der Waals surface area (Å²) < 4.78 is 1.59. The van der Waals surface area contributed by atoms with Gasteiger partial charge in [-0.15, -0.1) is 5.10 Å². The molecule has 2 aromatic heterocycles. The number of anilines is 3. The summed E-state index contributed by atoms with van der Waals surface area (Å²) in [7, 11) is 1.89. The summed E-state index contributed by atoms with van der Waals surface area (Å²) in [5.41, 5.74) is 5.19. The van der Waals surface area contributed by atoms with Gasteiger partial charge < -0.3 is 15.7 Å². The monoisotopic (exact) mass is 373 g/mol. The van der Waals surface area contributed by atoms with Gasteiger partial charge in [0, 0.05) is 30.2 Å². The molecule has 0 amide bonds. The molecular weight excluding hydrogens is 354 g/mol. The molecule has 0 unspecified atom stereocenters. The van der Waals surface area contributed by atoms with Gasteiger partial charge in [0.05, 0.1) is 29.9 Å². The summed E-state index contributed by atoms with van der Waals surface area (Å²) in [5, 5.41) is 23.5. The van der Waals surface area contributed by atoms with Crippen molar-refractivity contribution in [2.45, 2.75) is 6.61 Å². The van der Waals surface area contributed by atoms with Crippen LogP contribution in [0.15, 0.2) is 67.0 Å². The summed E-state index contributed by atoms with van der Waals surface area (Å²) in [4.78, 5) is 8.89. The van der Waals surface area contributed by atoms with Crippen LogP contribution >= 0.6 is 0 Å². The van der Waals surface area contributed by atoms with E-state index in [1.54, 1.807) is 10.9 Å². The second kappa shape index (κ2) is 7.85. The average Bonchev–Trinajstić information content (AvgIpc) is 3.23. The van der Waals surface area contributed by atoms with Gasteiger partial charge in [-0.1, -0.05) is 17.3 Å². The molecule has 2 aromatic carbocycles. The number of aliphatic hydroxyl groups is 1. The van der Waals surface area contributed by atoms with Crippen molar-refractivity contribution in [1.82, 2.24) is 25.0 Å². The minimum absolute atomic E-state index is 0.122. The Morgan fingerprint density at radius 2 is 1.71 bits per heavy atom. The second-order valence-corrected chi connectivity index (χ2v) is 6.06. The fraction of sp³-hybridized carbons (Fsp3) is 0.100. The number of hydrogen-bond donors (Lipinski definition) is 3. The van der Waals surface area contributed by atoms with Crippen LogP contribution < -0.4 is 10.6 Å². The first-order chi connectivity index (χ1) is 13.8. The van der Waals surface area contributed by atoms with Gasteiger partial charge in [-0.05, 0) is 42.5 Å². The minimum Gasteiger partial charge on any atom is -0.390 e. The number of nitrogens with zero attached hydrogens (tertiary/aromatic N) is 5. The molecule has 0 spiro atoms. The van der Waals surface area contributed by atoms with E-state index in [0.29, 0.717) is 11.6 Å². The second-order valence-electron chi connectivity index (χ2n) is 6.06. The van der Waals surface area contributed by atoms with Crippen LogP contribution in [0.3, 0.4) is 0 Å². The summed E-state index contributed by atoms with van der Waals surface area (Å²) >= 11 is 0. The van der Waals surface area contributed by atoms with Gasteiger partial charge in [-0.25, -0.2) is 14.6 Å². The Hall–Kier alpha value is -3.78. The van der Waals surface area contributed by atoms with Crippen molar-refractivity contribution in [3.63, 3.8) is 0 Å². The van der Waals surface area contributed by atoms with Crippen LogP contribution in [0, 0.1) is 0 Å². The molecule has 0 aliphatic carbocycles. The van der Waals surface area contributed by atoms with Crippen molar-refractivity contribution in [1.29, 1.82) is 0 Å². The van der Waals surface area contributed by atoms with E-state index in [1.165, 1.54) is 6.20 Å².